The predicted molar refractivity (Wildman–Crippen MR) is 127 cm³/mol. The number of hydrogen-bond acceptors (Lipinski definition) is 6. The zero-order valence-corrected chi connectivity index (χ0v) is 19.8. The van der Waals surface area contributed by atoms with Crippen LogP contribution in [0.4, 0.5) is 5.69 Å². The Balaban J connectivity index is 1.28. The van der Waals surface area contributed by atoms with Gasteiger partial charge in [-0.25, -0.2) is 8.42 Å². The molecule has 0 atom stereocenters. The van der Waals surface area contributed by atoms with Crippen molar-refractivity contribution in [2.45, 2.75) is 4.90 Å². The summed E-state index contributed by atoms with van der Waals surface area (Å²) in [5, 5.41) is 9.96. The maximum absolute atomic E-state index is 13.0. The molecule has 1 amide bonds. The third-order valence-corrected chi connectivity index (χ3v) is 8.35. The number of benzene rings is 2. The Hall–Kier alpha value is -2.64. The average Bonchev–Trinajstić information content (AvgIpc) is 2.85. The summed E-state index contributed by atoms with van der Waals surface area (Å²) in [5.41, 5.74) is 1.26. The zero-order chi connectivity index (χ0) is 23.4. The number of carbonyl (C=O) groups excluding carboxylic acids is 1. The van der Waals surface area contributed by atoms with Gasteiger partial charge in [0, 0.05) is 63.1 Å². The van der Waals surface area contributed by atoms with E-state index in [9.17, 15) is 18.5 Å². The third kappa shape index (κ3) is 5.31. The Bertz CT molecular complexity index is 1130. The first-order chi connectivity index (χ1) is 15.9. The molecular formula is C23H26ClN5O3S. The van der Waals surface area contributed by atoms with Gasteiger partial charge in [0.1, 0.15) is 6.07 Å². The number of amides is 1. The number of piperazine rings is 2. The highest BCUT2D eigenvalue weighted by Gasteiger charge is 2.32. The second-order valence-electron chi connectivity index (χ2n) is 8.13. The smallest absolute Gasteiger partial charge is 0.244 e. The van der Waals surface area contributed by atoms with Crippen molar-refractivity contribution < 1.29 is 13.2 Å². The summed E-state index contributed by atoms with van der Waals surface area (Å²) in [4.78, 5) is 19.0. The molecule has 2 aromatic rings. The number of carbonyl (C=O) groups is 1. The van der Waals surface area contributed by atoms with Gasteiger partial charge in [0.25, 0.3) is 0 Å². The Kier molecular flexibility index (Phi) is 7.20. The number of hydrogen-bond donors (Lipinski definition) is 0. The van der Waals surface area contributed by atoms with Crippen LogP contribution < -0.4 is 4.90 Å². The predicted octanol–water partition coefficient (Wildman–Crippen LogP) is 1.87. The Morgan fingerprint density at radius 3 is 2.18 bits per heavy atom. The van der Waals surface area contributed by atoms with Gasteiger partial charge in [-0.1, -0.05) is 23.7 Å². The van der Waals surface area contributed by atoms with Crippen LogP contribution in [0.15, 0.2) is 53.4 Å². The summed E-state index contributed by atoms with van der Waals surface area (Å²) in [6.45, 7) is 4.70. The Morgan fingerprint density at radius 1 is 0.909 bits per heavy atom. The largest absolute Gasteiger partial charge is 0.369 e. The highest BCUT2D eigenvalue weighted by atomic mass is 35.5. The van der Waals surface area contributed by atoms with E-state index in [2.05, 4.69) is 9.80 Å². The van der Waals surface area contributed by atoms with Crippen LogP contribution in [0.3, 0.4) is 0 Å². The van der Waals surface area contributed by atoms with Crippen LogP contribution in [0.25, 0.3) is 0 Å². The average molecular weight is 488 g/mol. The maximum Gasteiger partial charge on any atom is 0.244 e. The van der Waals surface area contributed by atoms with Gasteiger partial charge in [0.05, 0.1) is 17.0 Å². The second-order valence-corrected chi connectivity index (χ2v) is 10.5. The molecule has 2 aliphatic heterocycles. The fourth-order valence-electron chi connectivity index (χ4n) is 4.21. The molecule has 10 heteroatoms. The molecule has 2 aromatic carbocycles. The zero-order valence-electron chi connectivity index (χ0n) is 18.2. The monoisotopic (exact) mass is 487 g/mol. The van der Waals surface area contributed by atoms with Crippen molar-refractivity contribution in [2.75, 3.05) is 63.8 Å². The Morgan fingerprint density at radius 2 is 1.55 bits per heavy atom. The molecule has 0 spiro atoms. The minimum absolute atomic E-state index is 0.0180. The van der Waals surface area contributed by atoms with Gasteiger partial charge in [-0.3, -0.25) is 9.69 Å². The Labute approximate surface area is 199 Å². The number of rotatable bonds is 5. The van der Waals surface area contributed by atoms with Crippen LogP contribution in [-0.4, -0.2) is 87.3 Å². The van der Waals surface area contributed by atoms with E-state index in [0.29, 0.717) is 24.7 Å². The van der Waals surface area contributed by atoms with Crippen LogP contribution >= 0.6 is 11.6 Å². The van der Waals surface area contributed by atoms with E-state index < -0.39 is 10.0 Å². The van der Waals surface area contributed by atoms with Gasteiger partial charge in [-0.05, 0) is 36.4 Å². The number of nitrogens with zero attached hydrogens (tertiary/aromatic N) is 5. The first kappa shape index (κ1) is 23.5. The fraction of sp³-hybridized carbons (Fsp3) is 0.391. The SMILES string of the molecule is N#Cc1ccccc1S(=O)(=O)N1CCN(C(=O)CN2CCN(c3ccc(Cl)cc3)CC2)CC1. The normalized spacial score (nSPS) is 18.2. The molecular weight excluding hydrogens is 462 g/mol. The lowest BCUT2D eigenvalue weighted by Crippen LogP contribution is -2.54. The summed E-state index contributed by atoms with van der Waals surface area (Å²) < 4.78 is 27.3. The number of nitriles is 1. The topological polar surface area (TPSA) is 88.0 Å². The van der Waals surface area contributed by atoms with E-state index in [1.807, 2.05) is 30.3 Å². The van der Waals surface area contributed by atoms with Gasteiger partial charge >= 0.3 is 0 Å². The van der Waals surface area contributed by atoms with Crippen molar-refractivity contribution in [2.24, 2.45) is 0 Å². The number of halogens is 1. The maximum atomic E-state index is 13.0. The summed E-state index contributed by atoms with van der Waals surface area (Å²) in [7, 11) is -3.77. The summed E-state index contributed by atoms with van der Waals surface area (Å²) >= 11 is 5.97. The van der Waals surface area contributed by atoms with Crippen molar-refractivity contribution in [3.8, 4) is 6.07 Å². The molecule has 2 saturated heterocycles. The molecule has 33 heavy (non-hydrogen) atoms. The minimum atomic E-state index is -3.77. The van der Waals surface area contributed by atoms with Crippen LogP contribution in [-0.2, 0) is 14.8 Å². The van der Waals surface area contributed by atoms with Gasteiger partial charge < -0.3 is 9.80 Å². The quantitative estimate of drug-likeness (QED) is 0.639. The van der Waals surface area contributed by atoms with Crippen molar-refractivity contribution in [1.29, 1.82) is 5.26 Å². The first-order valence-corrected chi connectivity index (χ1v) is 12.7. The molecule has 0 aromatic heterocycles. The summed E-state index contributed by atoms with van der Waals surface area (Å²) in [6.07, 6.45) is 0. The van der Waals surface area contributed by atoms with E-state index in [1.54, 1.807) is 17.0 Å². The fourth-order valence-corrected chi connectivity index (χ4v) is 5.90. The van der Waals surface area contributed by atoms with Crippen molar-refractivity contribution >= 4 is 33.2 Å². The van der Waals surface area contributed by atoms with Crippen LogP contribution in [0.2, 0.25) is 5.02 Å². The molecule has 0 saturated carbocycles. The molecule has 0 radical (unpaired) electrons. The second kappa shape index (κ2) is 10.1. The third-order valence-electron chi connectivity index (χ3n) is 6.14. The van der Waals surface area contributed by atoms with E-state index in [-0.39, 0.29) is 29.5 Å². The molecule has 4 rings (SSSR count). The highest BCUT2D eigenvalue weighted by molar-refractivity contribution is 7.89. The lowest BCUT2D eigenvalue weighted by molar-refractivity contribution is -0.133. The lowest BCUT2D eigenvalue weighted by Gasteiger charge is -2.38. The van der Waals surface area contributed by atoms with Crippen molar-refractivity contribution in [1.82, 2.24) is 14.1 Å². The summed E-state index contributed by atoms with van der Waals surface area (Å²) in [6, 6.07) is 15.9. The van der Waals surface area contributed by atoms with Gasteiger partial charge in [0.15, 0.2) is 0 Å². The van der Waals surface area contributed by atoms with Crippen LogP contribution in [0.1, 0.15) is 5.56 Å². The van der Waals surface area contributed by atoms with E-state index in [1.165, 1.54) is 16.4 Å². The number of sulfonamides is 1. The summed E-state index contributed by atoms with van der Waals surface area (Å²) in [5.74, 6) is 0.0180. The van der Waals surface area contributed by atoms with Crippen LogP contribution in [0.5, 0.6) is 0 Å². The lowest BCUT2D eigenvalue weighted by atomic mass is 10.2. The van der Waals surface area contributed by atoms with Crippen LogP contribution in [0, 0.1) is 11.3 Å². The molecule has 8 nitrogen and oxygen atoms in total. The molecule has 2 aliphatic rings. The van der Waals surface area contributed by atoms with Crippen molar-refractivity contribution in [3.05, 3.63) is 59.1 Å². The molecule has 0 unspecified atom stereocenters. The molecule has 0 bridgehead atoms. The van der Waals surface area contributed by atoms with Gasteiger partial charge in [-0.15, -0.1) is 0 Å². The molecule has 2 heterocycles. The van der Waals surface area contributed by atoms with Gasteiger partial charge in [0.2, 0.25) is 15.9 Å². The number of anilines is 1. The minimum Gasteiger partial charge on any atom is -0.369 e. The van der Waals surface area contributed by atoms with Gasteiger partial charge in [-0.2, -0.15) is 9.57 Å². The van der Waals surface area contributed by atoms with E-state index in [0.717, 1.165) is 31.9 Å². The molecule has 0 aliphatic carbocycles. The molecule has 174 valence electrons. The van der Waals surface area contributed by atoms with E-state index >= 15 is 0 Å². The standard InChI is InChI=1S/C23H26ClN5O3S/c24-20-5-7-21(8-6-20)27-11-9-26(10-12-27)18-23(30)28-13-15-29(16-14-28)33(31,32)22-4-2-1-3-19(22)17-25/h1-8H,9-16,18H2. The molecule has 2 fully saturated rings. The van der Waals surface area contributed by atoms with E-state index in [4.69, 9.17) is 11.6 Å². The first-order valence-electron chi connectivity index (χ1n) is 10.9. The van der Waals surface area contributed by atoms with Crippen molar-refractivity contribution in [3.63, 3.8) is 0 Å². The molecule has 0 N–H and O–H groups in total. The highest BCUT2D eigenvalue weighted by Crippen LogP contribution is 2.22.